The highest BCUT2D eigenvalue weighted by Crippen LogP contribution is 2.37. The summed E-state index contributed by atoms with van der Waals surface area (Å²) in [6, 6.07) is 8.02. The molecule has 0 radical (unpaired) electrons. The molecular weight excluding hydrogens is 316 g/mol. The topological polar surface area (TPSA) is 71.3 Å². The number of carbonyl (C=O) groups is 1. The van der Waals surface area contributed by atoms with Crippen LogP contribution in [0.5, 0.6) is 0 Å². The van der Waals surface area contributed by atoms with Crippen LogP contribution in [0.3, 0.4) is 0 Å². The Morgan fingerprint density at radius 3 is 2.76 bits per heavy atom. The first-order valence-corrected chi connectivity index (χ1v) is 8.86. The molecule has 2 aromatic rings. The van der Waals surface area contributed by atoms with E-state index in [0.29, 0.717) is 5.89 Å². The molecular formula is C19H22N4O2. The predicted molar refractivity (Wildman–Crippen MR) is 94.9 cm³/mol. The number of rotatable bonds is 3. The van der Waals surface area contributed by atoms with Gasteiger partial charge in [-0.1, -0.05) is 35.9 Å². The molecule has 25 heavy (non-hydrogen) atoms. The Labute approximate surface area is 146 Å². The van der Waals surface area contributed by atoms with Crippen molar-refractivity contribution in [3.05, 3.63) is 47.1 Å². The summed E-state index contributed by atoms with van der Waals surface area (Å²) < 4.78 is 5.38. The maximum absolute atomic E-state index is 12.4. The Morgan fingerprint density at radius 2 is 2.04 bits per heavy atom. The van der Waals surface area contributed by atoms with E-state index in [1.807, 2.05) is 31.2 Å². The molecule has 0 aliphatic carbocycles. The number of hydrogen-bond donors (Lipinski definition) is 1. The number of anilines is 1. The van der Waals surface area contributed by atoms with Gasteiger partial charge < -0.3 is 9.84 Å². The third kappa shape index (κ3) is 2.87. The van der Waals surface area contributed by atoms with Crippen molar-refractivity contribution in [2.45, 2.75) is 39.2 Å². The van der Waals surface area contributed by atoms with Gasteiger partial charge in [0.2, 0.25) is 5.89 Å². The SMILES string of the molecule is CCc1noc(C(C)N2CCC(=C3C(=O)Nc4ccccc43)CC2)n1. The van der Waals surface area contributed by atoms with Crippen molar-refractivity contribution in [1.29, 1.82) is 0 Å². The van der Waals surface area contributed by atoms with Gasteiger partial charge in [0.15, 0.2) is 5.82 Å². The van der Waals surface area contributed by atoms with E-state index in [9.17, 15) is 4.79 Å². The summed E-state index contributed by atoms with van der Waals surface area (Å²) in [5, 5.41) is 6.96. The predicted octanol–water partition coefficient (Wildman–Crippen LogP) is 3.19. The van der Waals surface area contributed by atoms with Crippen LogP contribution >= 0.6 is 0 Å². The number of benzene rings is 1. The third-order valence-electron chi connectivity index (χ3n) is 5.13. The standard InChI is InChI=1S/C19H22N4O2/c1-3-16-21-19(25-22-16)12(2)23-10-8-13(9-11-23)17-14-6-4-5-7-15(14)20-18(17)24/h4-7,12H,3,8-11H2,1-2H3,(H,20,24). The van der Waals surface area contributed by atoms with Crippen molar-refractivity contribution in [2.24, 2.45) is 0 Å². The first-order chi connectivity index (χ1) is 12.2. The Bertz CT molecular complexity index is 829. The van der Waals surface area contributed by atoms with Crippen LogP contribution in [-0.4, -0.2) is 34.0 Å². The fourth-order valence-electron chi connectivity index (χ4n) is 3.64. The summed E-state index contributed by atoms with van der Waals surface area (Å²) >= 11 is 0. The molecule has 1 fully saturated rings. The number of nitrogens with zero attached hydrogens (tertiary/aromatic N) is 3. The van der Waals surface area contributed by atoms with Gasteiger partial charge in [0.1, 0.15) is 0 Å². The van der Waals surface area contributed by atoms with Crippen LogP contribution in [0.15, 0.2) is 34.4 Å². The molecule has 1 saturated heterocycles. The number of aromatic nitrogens is 2. The maximum Gasteiger partial charge on any atom is 0.256 e. The molecule has 1 atom stereocenters. The summed E-state index contributed by atoms with van der Waals surface area (Å²) in [5.74, 6) is 1.46. The number of nitrogens with one attached hydrogen (secondary N) is 1. The highest BCUT2D eigenvalue weighted by atomic mass is 16.5. The lowest BCUT2D eigenvalue weighted by Crippen LogP contribution is -2.33. The highest BCUT2D eigenvalue weighted by Gasteiger charge is 2.30. The second-order valence-corrected chi connectivity index (χ2v) is 6.59. The molecule has 1 N–H and O–H groups in total. The largest absolute Gasteiger partial charge is 0.338 e. The molecule has 1 unspecified atom stereocenters. The number of fused-ring (bicyclic) bond motifs is 1. The summed E-state index contributed by atoms with van der Waals surface area (Å²) in [5.41, 5.74) is 4.07. The normalized spacial score (nSPS) is 19.0. The first kappa shape index (κ1) is 16.0. The van der Waals surface area contributed by atoms with E-state index in [-0.39, 0.29) is 11.9 Å². The Balaban J connectivity index is 1.51. The molecule has 0 bridgehead atoms. The molecule has 2 aliphatic heterocycles. The van der Waals surface area contributed by atoms with Crippen LogP contribution < -0.4 is 5.32 Å². The van der Waals surface area contributed by atoms with Crippen LogP contribution in [0.2, 0.25) is 0 Å². The minimum Gasteiger partial charge on any atom is -0.338 e. The van der Waals surface area contributed by atoms with Gasteiger partial charge >= 0.3 is 0 Å². The van der Waals surface area contributed by atoms with Gasteiger partial charge in [-0.3, -0.25) is 9.69 Å². The van der Waals surface area contributed by atoms with E-state index in [2.05, 4.69) is 27.3 Å². The van der Waals surface area contributed by atoms with Crippen molar-refractivity contribution in [1.82, 2.24) is 15.0 Å². The van der Waals surface area contributed by atoms with Crippen molar-refractivity contribution >= 4 is 17.2 Å². The summed E-state index contributed by atoms with van der Waals surface area (Å²) in [6.07, 6.45) is 2.55. The van der Waals surface area contributed by atoms with E-state index >= 15 is 0 Å². The number of amides is 1. The van der Waals surface area contributed by atoms with Gasteiger partial charge in [0, 0.05) is 36.3 Å². The van der Waals surface area contributed by atoms with E-state index in [1.165, 1.54) is 5.57 Å². The van der Waals surface area contributed by atoms with Gasteiger partial charge in [0.25, 0.3) is 5.91 Å². The van der Waals surface area contributed by atoms with Crippen molar-refractivity contribution < 1.29 is 9.32 Å². The molecule has 4 rings (SSSR count). The summed E-state index contributed by atoms with van der Waals surface area (Å²) in [4.78, 5) is 19.2. The molecule has 2 aliphatic rings. The monoisotopic (exact) mass is 338 g/mol. The fourth-order valence-corrected chi connectivity index (χ4v) is 3.64. The number of piperidine rings is 1. The van der Waals surface area contributed by atoms with Crippen LogP contribution in [0.1, 0.15) is 50.0 Å². The summed E-state index contributed by atoms with van der Waals surface area (Å²) in [6.45, 7) is 5.89. The fraction of sp³-hybridized carbons (Fsp3) is 0.421. The highest BCUT2D eigenvalue weighted by molar-refractivity contribution is 6.32. The minimum atomic E-state index is 0.0298. The quantitative estimate of drug-likeness (QED) is 0.870. The van der Waals surface area contributed by atoms with Gasteiger partial charge in [-0.2, -0.15) is 4.98 Å². The zero-order valence-corrected chi connectivity index (χ0v) is 14.6. The van der Waals surface area contributed by atoms with Gasteiger partial charge in [-0.05, 0) is 25.8 Å². The molecule has 6 nitrogen and oxygen atoms in total. The molecule has 3 heterocycles. The number of para-hydroxylation sites is 1. The molecule has 1 aromatic heterocycles. The van der Waals surface area contributed by atoms with Crippen molar-refractivity contribution in [2.75, 3.05) is 18.4 Å². The van der Waals surface area contributed by atoms with E-state index < -0.39 is 0 Å². The number of aryl methyl sites for hydroxylation is 1. The lowest BCUT2D eigenvalue weighted by atomic mass is 9.93. The number of likely N-dealkylation sites (tertiary alicyclic amines) is 1. The Kier molecular flexibility index (Phi) is 4.13. The number of hydrogen-bond acceptors (Lipinski definition) is 5. The minimum absolute atomic E-state index is 0.0298. The molecule has 1 aromatic carbocycles. The van der Waals surface area contributed by atoms with Crippen LogP contribution in [-0.2, 0) is 11.2 Å². The lowest BCUT2D eigenvalue weighted by molar-refractivity contribution is -0.110. The summed E-state index contributed by atoms with van der Waals surface area (Å²) in [7, 11) is 0. The molecule has 130 valence electrons. The van der Waals surface area contributed by atoms with Crippen molar-refractivity contribution in [3.63, 3.8) is 0 Å². The van der Waals surface area contributed by atoms with Gasteiger partial charge in [-0.15, -0.1) is 0 Å². The van der Waals surface area contributed by atoms with E-state index in [0.717, 1.165) is 55.0 Å². The average Bonchev–Trinajstić information content (AvgIpc) is 3.25. The van der Waals surface area contributed by atoms with E-state index in [1.54, 1.807) is 0 Å². The second-order valence-electron chi connectivity index (χ2n) is 6.59. The average molecular weight is 338 g/mol. The van der Waals surface area contributed by atoms with Crippen molar-refractivity contribution in [3.8, 4) is 0 Å². The Hall–Kier alpha value is -2.47. The van der Waals surface area contributed by atoms with Gasteiger partial charge in [-0.25, -0.2) is 0 Å². The van der Waals surface area contributed by atoms with Crippen LogP contribution in [0.25, 0.3) is 5.57 Å². The molecule has 0 saturated carbocycles. The lowest BCUT2D eigenvalue weighted by Gasteiger charge is -2.32. The van der Waals surface area contributed by atoms with Gasteiger partial charge in [0.05, 0.1) is 6.04 Å². The first-order valence-electron chi connectivity index (χ1n) is 8.86. The Morgan fingerprint density at radius 1 is 1.28 bits per heavy atom. The smallest absolute Gasteiger partial charge is 0.256 e. The third-order valence-corrected chi connectivity index (χ3v) is 5.13. The zero-order chi connectivity index (χ0) is 17.4. The molecule has 1 amide bonds. The molecule has 0 spiro atoms. The van der Waals surface area contributed by atoms with Crippen LogP contribution in [0, 0.1) is 0 Å². The second kappa shape index (κ2) is 6.44. The van der Waals surface area contributed by atoms with E-state index in [4.69, 9.17) is 4.52 Å². The number of carbonyl (C=O) groups excluding carboxylic acids is 1. The van der Waals surface area contributed by atoms with Crippen LogP contribution in [0.4, 0.5) is 5.69 Å². The maximum atomic E-state index is 12.4. The molecule has 6 heteroatoms. The zero-order valence-electron chi connectivity index (χ0n) is 14.6.